The van der Waals surface area contributed by atoms with Gasteiger partial charge in [0.15, 0.2) is 0 Å². The second kappa shape index (κ2) is 5.73. The molecule has 0 saturated carbocycles. The summed E-state index contributed by atoms with van der Waals surface area (Å²) >= 11 is 1.56. The molecule has 3 nitrogen and oxygen atoms in total. The molecule has 0 N–H and O–H groups in total. The zero-order valence-corrected chi connectivity index (χ0v) is 13.5. The molecule has 3 heterocycles. The van der Waals surface area contributed by atoms with Crippen LogP contribution in [0.5, 0.6) is 0 Å². The summed E-state index contributed by atoms with van der Waals surface area (Å²) in [5, 5.41) is 0.748. The Balaban J connectivity index is 1.53. The van der Waals surface area contributed by atoms with E-state index in [1.807, 2.05) is 6.08 Å². The van der Waals surface area contributed by atoms with E-state index in [4.69, 9.17) is 0 Å². The number of alkyl halides is 3. The number of hydrogen-bond acceptors (Lipinski definition) is 4. The Morgan fingerprint density at radius 3 is 2.54 bits per heavy atom. The molecule has 0 radical (unpaired) electrons. The van der Waals surface area contributed by atoms with Crippen LogP contribution < -0.4 is 0 Å². The lowest BCUT2D eigenvalue weighted by Crippen LogP contribution is -2.26. The third-order valence-corrected chi connectivity index (χ3v) is 5.41. The molecule has 124 valence electrons. The number of thiazole rings is 1. The third-order valence-electron chi connectivity index (χ3n) is 4.21. The highest BCUT2D eigenvalue weighted by atomic mass is 32.1. The van der Waals surface area contributed by atoms with E-state index in [9.17, 15) is 13.2 Å². The Morgan fingerprint density at radius 1 is 1.12 bits per heavy atom. The summed E-state index contributed by atoms with van der Waals surface area (Å²) in [6, 6.07) is 2.46. The van der Waals surface area contributed by atoms with E-state index in [0.717, 1.165) is 42.7 Å². The van der Waals surface area contributed by atoms with Crippen LogP contribution >= 0.6 is 11.3 Å². The average molecular weight is 349 g/mol. The van der Waals surface area contributed by atoms with Gasteiger partial charge in [0.25, 0.3) is 0 Å². The number of fused-ring (bicyclic) bond motifs is 1. The van der Waals surface area contributed by atoms with Crippen molar-refractivity contribution in [1.82, 2.24) is 14.9 Å². The first-order valence-corrected chi connectivity index (χ1v) is 8.48. The Labute approximate surface area is 141 Å². The first-order valence-electron chi connectivity index (χ1n) is 7.66. The molecule has 1 aliphatic heterocycles. The van der Waals surface area contributed by atoms with Gasteiger partial charge in [0.2, 0.25) is 0 Å². The number of hydrogen-bond donors (Lipinski definition) is 0. The maximum absolute atomic E-state index is 12.6. The van der Waals surface area contributed by atoms with Crippen molar-refractivity contribution in [2.45, 2.75) is 19.0 Å². The van der Waals surface area contributed by atoms with Gasteiger partial charge in [0, 0.05) is 48.3 Å². The molecule has 2 aromatic heterocycles. The highest BCUT2D eigenvalue weighted by Gasteiger charge is 2.32. The quantitative estimate of drug-likeness (QED) is 0.818. The maximum atomic E-state index is 12.6. The second-order valence-electron chi connectivity index (χ2n) is 5.76. The van der Waals surface area contributed by atoms with Gasteiger partial charge in [-0.3, -0.25) is 4.98 Å². The molecule has 0 aromatic carbocycles. The zero-order valence-electron chi connectivity index (χ0n) is 12.7. The van der Waals surface area contributed by atoms with Crippen LogP contribution in [0.25, 0.3) is 10.6 Å². The summed E-state index contributed by atoms with van der Waals surface area (Å²) in [7, 11) is 0. The van der Waals surface area contributed by atoms with E-state index in [1.165, 1.54) is 22.8 Å². The Bertz CT molecular complexity index is 793. The average Bonchev–Trinajstić information content (AvgIpc) is 2.81. The van der Waals surface area contributed by atoms with Gasteiger partial charge >= 0.3 is 6.18 Å². The Hall–Kier alpha value is -2.15. The Morgan fingerprint density at radius 2 is 1.92 bits per heavy atom. The third kappa shape index (κ3) is 2.84. The van der Waals surface area contributed by atoms with Crippen LogP contribution in [-0.4, -0.2) is 28.0 Å². The van der Waals surface area contributed by atoms with Crippen LogP contribution in [0.2, 0.25) is 0 Å². The topological polar surface area (TPSA) is 29.0 Å². The highest BCUT2D eigenvalue weighted by molar-refractivity contribution is 7.15. The molecule has 0 fully saturated rings. The van der Waals surface area contributed by atoms with Crippen molar-refractivity contribution in [2.75, 3.05) is 13.1 Å². The molecule has 2 aliphatic rings. The fourth-order valence-corrected chi connectivity index (χ4v) is 3.91. The van der Waals surface area contributed by atoms with Crippen molar-refractivity contribution < 1.29 is 13.2 Å². The van der Waals surface area contributed by atoms with Crippen LogP contribution in [0.3, 0.4) is 0 Å². The summed E-state index contributed by atoms with van der Waals surface area (Å²) < 4.78 is 37.8. The fourth-order valence-electron chi connectivity index (χ4n) is 2.83. The standard InChI is InChI=1S/C17H14F3N3S/c18-17(19,20)15-5-4-11(10-21-15)16-22-13-6-8-23(12-2-1-3-12)9-7-14(13)24-16/h1-5,10H,6-9H2. The van der Waals surface area contributed by atoms with Gasteiger partial charge in [-0.2, -0.15) is 13.2 Å². The number of allylic oxidation sites excluding steroid dienone is 3. The monoisotopic (exact) mass is 349 g/mol. The van der Waals surface area contributed by atoms with Crippen LogP contribution in [0, 0.1) is 0 Å². The maximum Gasteiger partial charge on any atom is 0.433 e. The number of pyridine rings is 1. The lowest BCUT2D eigenvalue weighted by molar-refractivity contribution is -0.141. The molecule has 0 saturated heterocycles. The lowest BCUT2D eigenvalue weighted by Gasteiger charge is -2.26. The van der Waals surface area contributed by atoms with Gasteiger partial charge in [-0.1, -0.05) is 6.08 Å². The molecular formula is C17H14F3N3S. The molecule has 4 rings (SSSR count). The normalized spacial score (nSPS) is 17.1. The molecule has 7 heteroatoms. The summed E-state index contributed by atoms with van der Waals surface area (Å²) in [5.74, 6) is 0. The van der Waals surface area contributed by atoms with E-state index in [0.29, 0.717) is 5.56 Å². The number of aromatic nitrogens is 2. The fraction of sp³-hybridized carbons (Fsp3) is 0.294. The summed E-state index contributed by atoms with van der Waals surface area (Å²) in [5.41, 5.74) is 2.09. The van der Waals surface area contributed by atoms with Gasteiger partial charge in [-0.25, -0.2) is 4.98 Å². The molecule has 1 aliphatic carbocycles. The van der Waals surface area contributed by atoms with E-state index in [-0.39, 0.29) is 0 Å². The highest BCUT2D eigenvalue weighted by Crippen LogP contribution is 2.33. The molecular weight excluding hydrogens is 335 g/mol. The predicted molar refractivity (Wildman–Crippen MR) is 86.6 cm³/mol. The van der Waals surface area contributed by atoms with Crippen molar-refractivity contribution in [3.8, 4) is 10.6 Å². The zero-order chi connectivity index (χ0) is 16.7. The van der Waals surface area contributed by atoms with Crippen LogP contribution in [0.15, 0.2) is 42.3 Å². The SMILES string of the molecule is FC(F)(F)c1ccc(-c2nc3c(s2)CCN(C2=CC=C2)CC3)cn1. The summed E-state index contributed by atoms with van der Waals surface area (Å²) in [6.45, 7) is 1.85. The Kier molecular flexibility index (Phi) is 3.68. The van der Waals surface area contributed by atoms with Crippen LogP contribution in [0.1, 0.15) is 16.3 Å². The molecule has 24 heavy (non-hydrogen) atoms. The molecule has 0 unspecified atom stereocenters. The van der Waals surface area contributed by atoms with E-state index in [1.54, 1.807) is 11.3 Å². The lowest BCUT2D eigenvalue weighted by atomic mass is 10.2. The minimum absolute atomic E-state index is 0.641. The van der Waals surface area contributed by atoms with Crippen molar-refractivity contribution in [3.05, 3.63) is 58.5 Å². The van der Waals surface area contributed by atoms with Crippen LogP contribution in [-0.2, 0) is 19.0 Å². The van der Waals surface area contributed by atoms with Crippen LogP contribution in [0.4, 0.5) is 13.2 Å². The van der Waals surface area contributed by atoms with Crippen molar-refractivity contribution in [1.29, 1.82) is 0 Å². The largest absolute Gasteiger partial charge is 0.433 e. The summed E-state index contributed by atoms with van der Waals surface area (Å²) in [4.78, 5) is 11.7. The first kappa shape index (κ1) is 15.4. The number of rotatable bonds is 2. The van der Waals surface area contributed by atoms with Crippen molar-refractivity contribution in [3.63, 3.8) is 0 Å². The minimum atomic E-state index is -4.41. The summed E-state index contributed by atoms with van der Waals surface area (Å²) in [6.07, 6.45) is 4.85. The number of nitrogens with zero attached hydrogens (tertiary/aromatic N) is 3. The molecule has 0 bridgehead atoms. The minimum Gasteiger partial charge on any atom is -0.371 e. The van der Waals surface area contributed by atoms with Gasteiger partial charge < -0.3 is 4.90 Å². The molecule has 0 amide bonds. The van der Waals surface area contributed by atoms with Gasteiger partial charge in [-0.15, -0.1) is 11.3 Å². The second-order valence-corrected chi connectivity index (χ2v) is 6.84. The van der Waals surface area contributed by atoms with Crippen molar-refractivity contribution >= 4 is 11.3 Å². The molecule has 2 aromatic rings. The van der Waals surface area contributed by atoms with E-state index in [2.05, 4.69) is 27.0 Å². The van der Waals surface area contributed by atoms with E-state index < -0.39 is 11.9 Å². The smallest absolute Gasteiger partial charge is 0.371 e. The first-order chi connectivity index (χ1) is 11.5. The predicted octanol–water partition coefficient (Wildman–Crippen LogP) is 4.08. The number of halogens is 3. The van der Waals surface area contributed by atoms with Gasteiger partial charge in [-0.05, 0) is 24.3 Å². The van der Waals surface area contributed by atoms with Gasteiger partial charge in [0.1, 0.15) is 10.7 Å². The van der Waals surface area contributed by atoms with Crippen molar-refractivity contribution in [2.24, 2.45) is 0 Å². The van der Waals surface area contributed by atoms with E-state index >= 15 is 0 Å². The van der Waals surface area contributed by atoms with Gasteiger partial charge in [0.05, 0.1) is 5.69 Å². The molecule has 0 atom stereocenters. The molecule has 0 spiro atoms.